The fraction of sp³-hybridized carbons (Fsp3) is 0.889. The Morgan fingerprint density at radius 1 is 1.27 bits per heavy atom. The summed E-state index contributed by atoms with van der Waals surface area (Å²) in [7, 11) is 0. The maximum Gasteiger partial charge on any atom is 0.179 e. The van der Waals surface area contributed by atoms with Crippen LogP contribution in [-0.2, 0) is 4.74 Å². The van der Waals surface area contributed by atoms with Crippen molar-refractivity contribution >= 4 is 5.90 Å². The standard InChI is InChI=1S/C6H11NO.C2H6.CH4/c1-6-7-4-2-3-5-8-6;1-2;/h2-5H2,1H3;1-2H3;1H4. The van der Waals surface area contributed by atoms with E-state index in [1.54, 1.807) is 0 Å². The second-order valence-electron chi connectivity index (χ2n) is 1.96. The van der Waals surface area contributed by atoms with E-state index >= 15 is 0 Å². The Morgan fingerprint density at radius 2 is 1.91 bits per heavy atom. The fourth-order valence-electron chi connectivity index (χ4n) is 0.716. The smallest absolute Gasteiger partial charge is 0.179 e. The van der Waals surface area contributed by atoms with Crippen LogP contribution in [0.4, 0.5) is 0 Å². The largest absolute Gasteiger partial charge is 0.481 e. The van der Waals surface area contributed by atoms with Gasteiger partial charge in [-0.3, -0.25) is 4.99 Å². The molecule has 0 radical (unpaired) electrons. The third-order valence-corrected chi connectivity index (χ3v) is 1.20. The van der Waals surface area contributed by atoms with Crippen LogP contribution < -0.4 is 0 Å². The molecule has 0 aromatic rings. The van der Waals surface area contributed by atoms with Gasteiger partial charge in [0.25, 0.3) is 0 Å². The summed E-state index contributed by atoms with van der Waals surface area (Å²) in [5, 5.41) is 0. The SMILES string of the molecule is C.CC.CC1=NCCCCO1. The molecule has 1 aliphatic rings. The molecule has 0 unspecified atom stereocenters. The monoisotopic (exact) mass is 159 g/mol. The lowest BCUT2D eigenvalue weighted by atomic mass is 10.3. The molecule has 0 aromatic carbocycles. The van der Waals surface area contributed by atoms with E-state index < -0.39 is 0 Å². The predicted molar refractivity (Wildman–Crippen MR) is 51.2 cm³/mol. The topological polar surface area (TPSA) is 21.6 Å². The van der Waals surface area contributed by atoms with Gasteiger partial charge in [-0.2, -0.15) is 0 Å². The van der Waals surface area contributed by atoms with E-state index in [0.29, 0.717) is 0 Å². The van der Waals surface area contributed by atoms with Gasteiger partial charge in [-0.05, 0) is 12.8 Å². The molecule has 11 heavy (non-hydrogen) atoms. The van der Waals surface area contributed by atoms with Crippen LogP contribution in [0.1, 0.15) is 41.0 Å². The zero-order valence-electron chi connectivity index (χ0n) is 7.18. The van der Waals surface area contributed by atoms with Gasteiger partial charge in [0, 0.05) is 13.5 Å². The van der Waals surface area contributed by atoms with E-state index in [9.17, 15) is 0 Å². The first kappa shape index (κ1) is 13.1. The lowest BCUT2D eigenvalue weighted by Gasteiger charge is -1.96. The number of rotatable bonds is 0. The molecule has 2 heteroatoms. The average molecular weight is 159 g/mol. The van der Waals surface area contributed by atoms with E-state index in [-0.39, 0.29) is 7.43 Å². The molecule has 0 atom stereocenters. The normalized spacial score (nSPS) is 15.7. The van der Waals surface area contributed by atoms with Gasteiger partial charge in [-0.15, -0.1) is 0 Å². The highest BCUT2D eigenvalue weighted by molar-refractivity contribution is 5.73. The second kappa shape index (κ2) is 9.47. The molecule has 0 aliphatic carbocycles. The maximum absolute atomic E-state index is 5.15. The summed E-state index contributed by atoms with van der Waals surface area (Å²) in [5.74, 6) is 0.850. The number of aliphatic imine (C=N–C) groups is 1. The molecule has 1 aliphatic heterocycles. The Labute approximate surface area is 70.7 Å². The summed E-state index contributed by atoms with van der Waals surface area (Å²) < 4.78 is 5.15. The summed E-state index contributed by atoms with van der Waals surface area (Å²) in [4.78, 5) is 4.12. The molecular weight excluding hydrogens is 138 g/mol. The minimum absolute atomic E-state index is 0. The van der Waals surface area contributed by atoms with Crippen molar-refractivity contribution in [3.63, 3.8) is 0 Å². The molecule has 0 saturated heterocycles. The quantitative estimate of drug-likeness (QED) is 0.532. The fourth-order valence-corrected chi connectivity index (χ4v) is 0.716. The first-order valence-electron chi connectivity index (χ1n) is 4.03. The highest BCUT2D eigenvalue weighted by atomic mass is 16.5. The van der Waals surface area contributed by atoms with Crippen molar-refractivity contribution in [1.29, 1.82) is 0 Å². The van der Waals surface area contributed by atoms with E-state index in [1.807, 2.05) is 20.8 Å². The molecule has 0 fully saturated rings. The van der Waals surface area contributed by atoms with Gasteiger partial charge in [0.05, 0.1) is 6.61 Å². The highest BCUT2D eigenvalue weighted by Gasteiger charge is 1.96. The summed E-state index contributed by atoms with van der Waals surface area (Å²) in [6.45, 7) is 7.71. The van der Waals surface area contributed by atoms with Gasteiger partial charge >= 0.3 is 0 Å². The molecule has 0 aromatic heterocycles. The summed E-state index contributed by atoms with van der Waals surface area (Å²) >= 11 is 0. The van der Waals surface area contributed by atoms with Crippen LogP contribution in [0.25, 0.3) is 0 Å². The van der Waals surface area contributed by atoms with E-state index in [0.717, 1.165) is 25.5 Å². The van der Waals surface area contributed by atoms with Gasteiger partial charge < -0.3 is 4.74 Å². The van der Waals surface area contributed by atoms with E-state index in [4.69, 9.17) is 4.74 Å². The van der Waals surface area contributed by atoms with E-state index in [2.05, 4.69) is 4.99 Å². The Kier molecular flexibility index (Phi) is 11.3. The van der Waals surface area contributed by atoms with Crippen molar-refractivity contribution < 1.29 is 4.74 Å². The Bertz CT molecular complexity index is 99.7. The Hall–Kier alpha value is -0.530. The van der Waals surface area contributed by atoms with E-state index in [1.165, 1.54) is 6.42 Å². The predicted octanol–water partition coefficient (Wildman–Crippen LogP) is 2.88. The third kappa shape index (κ3) is 7.37. The molecule has 0 amide bonds. The van der Waals surface area contributed by atoms with Crippen LogP contribution >= 0.6 is 0 Å². The van der Waals surface area contributed by atoms with Crippen LogP contribution in [0.2, 0.25) is 0 Å². The highest BCUT2D eigenvalue weighted by Crippen LogP contribution is 1.97. The zero-order chi connectivity index (χ0) is 7.82. The average Bonchev–Trinajstić information content (AvgIpc) is 2.21. The zero-order valence-corrected chi connectivity index (χ0v) is 7.18. The molecule has 0 saturated carbocycles. The van der Waals surface area contributed by atoms with Gasteiger partial charge in [0.15, 0.2) is 5.90 Å². The molecule has 0 spiro atoms. The van der Waals surface area contributed by atoms with Crippen molar-refractivity contribution in [2.75, 3.05) is 13.2 Å². The molecule has 2 nitrogen and oxygen atoms in total. The summed E-state index contributed by atoms with van der Waals surface area (Å²) in [6.07, 6.45) is 2.33. The van der Waals surface area contributed by atoms with Crippen molar-refractivity contribution in [2.45, 2.75) is 41.0 Å². The minimum Gasteiger partial charge on any atom is -0.481 e. The molecule has 1 heterocycles. The van der Waals surface area contributed by atoms with Crippen molar-refractivity contribution in [2.24, 2.45) is 4.99 Å². The van der Waals surface area contributed by atoms with Crippen LogP contribution in [0.5, 0.6) is 0 Å². The van der Waals surface area contributed by atoms with Gasteiger partial charge in [0.1, 0.15) is 0 Å². The second-order valence-corrected chi connectivity index (χ2v) is 1.96. The number of ether oxygens (including phenoxy) is 1. The Morgan fingerprint density at radius 3 is 2.55 bits per heavy atom. The number of hydrogen-bond acceptors (Lipinski definition) is 2. The summed E-state index contributed by atoms with van der Waals surface area (Å²) in [5.41, 5.74) is 0. The van der Waals surface area contributed by atoms with Crippen molar-refractivity contribution in [3.8, 4) is 0 Å². The molecule has 0 N–H and O–H groups in total. The first-order valence-corrected chi connectivity index (χ1v) is 4.03. The van der Waals surface area contributed by atoms with Crippen LogP contribution in [0.15, 0.2) is 4.99 Å². The van der Waals surface area contributed by atoms with Crippen molar-refractivity contribution in [1.82, 2.24) is 0 Å². The molecular formula is C9H21NO. The Balaban J connectivity index is 0. The molecule has 0 bridgehead atoms. The van der Waals surface area contributed by atoms with Gasteiger partial charge in [0.2, 0.25) is 0 Å². The lowest BCUT2D eigenvalue weighted by molar-refractivity contribution is 0.302. The van der Waals surface area contributed by atoms with Gasteiger partial charge in [-0.1, -0.05) is 21.3 Å². The van der Waals surface area contributed by atoms with Crippen molar-refractivity contribution in [3.05, 3.63) is 0 Å². The number of nitrogens with zero attached hydrogens (tertiary/aromatic N) is 1. The first-order chi connectivity index (χ1) is 4.89. The van der Waals surface area contributed by atoms with Crippen LogP contribution in [-0.4, -0.2) is 19.0 Å². The summed E-state index contributed by atoms with van der Waals surface area (Å²) in [6, 6.07) is 0. The van der Waals surface area contributed by atoms with Crippen LogP contribution in [0, 0.1) is 0 Å². The number of hydrogen-bond donors (Lipinski definition) is 0. The maximum atomic E-state index is 5.15. The van der Waals surface area contributed by atoms with Gasteiger partial charge in [-0.25, -0.2) is 0 Å². The molecule has 68 valence electrons. The lowest BCUT2D eigenvalue weighted by Crippen LogP contribution is -1.97. The minimum atomic E-state index is 0. The molecule has 1 rings (SSSR count). The van der Waals surface area contributed by atoms with Crippen LogP contribution in [0.3, 0.4) is 0 Å². The third-order valence-electron chi connectivity index (χ3n) is 1.20.